The van der Waals surface area contributed by atoms with Crippen molar-refractivity contribution >= 4 is 23.2 Å². The van der Waals surface area contributed by atoms with Crippen molar-refractivity contribution in [2.45, 2.75) is 73.1 Å². The summed E-state index contributed by atoms with van der Waals surface area (Å²) in [6.07, 6.45) is 2.40. The fourth-order valence-corrected chi connectivity index (χ4v) is 6.21. The van der Waals surface area contributed by atoms with Gasteiger partial charge >= 0.3 is 0 Å². The Hall–Kier alpha value is -3.67. The van der Waals surface area contributed by atoms with Crippen molar-refractivity contribution in [1.29, 1.82) is 0 Å². The molecule has 2 N–H and O–H groups in total. The van der Waals surface area contributed by atoms with Gasteiger partial charge in [0, 0.05) is 47.0 Å². The van der Waals surface area contributed by atoms with E-state index in [2.05, 4.69) is 38.3 Å². The Labute approximate surface area is 230 Å². The second kappa shape index (κ2) is 9.82. The van der Waals surface area contributed by atoms with Gasteiger partial charge < -0.3 is 15.4 Å². The molecular weight excluding hydrogens is 488 g/mol. The number of hydrogen-bond donors (Lipinski definition) is 2. The van der Waals surface area contributed by atoms with Crippen LogP contribution in [-0.2, 0) is 14.4 Å². The number of benzene rings is 2. The molecule has 2 aromatic carbocycles. The standard InChI is InChI=1S/C33H38N2O4/c1-19-10-11-20(2)23(12-19)35-28(38)18-39-22-9-7-8-21(13-22)29-30-24(14-32(3,4)16-26(30)36)34-25-15-33(5,6)17-27(37)31(25)29/h7-13,29,34H,14-18H2,1-6H3,(H,35,38). The van der Waals surface area contributed by atoms with E-state index in [9.17, 15) is 14.4 Å². The second-order valence-corrected chi connectivity index (χ2v) is 13.0. The van der Waals surface area contributed by atoms with Crippen molar-refractivity contribution in [3.63, 3.8) is 0 Å². The van der Waals surface area contributed by atoms with Gasteiger partial charge in [-0.05, 0) is 72.4 Å². The van der Waals surface area contributed by atoms with E-state index in [1.54, 1.807) is 6.07 Å². The number of nitrogens with one attached hydrogen (secondary N) is 2. The summed E-state index contributed by atoms with van der Waals surface area (Å²) in [5, 5.41) is 6.47. The molecule has 1 heterocycles. The quantitative estimate of drug-likeness (QED) is 0.478. The Kier molecular flexibility index (Phi) is 6.78. The highest BCUT2D eigenvalue weighted by atomic mass is 16.5. The molecule has 2 aromatic rings. The highest BCUT2D eigenvalue weighted by Crippen LogP contribution is 2.51. The van der Waals surface area contributed by atoms with Gasteiger partial charge in [-0.15, -0.1) is 0 Å². The largest absolute Gasteiger partial charge is 0.484 e. The SMILES string of the molecule is Cc1ccc(C)c(NC(=O)COc2cccc(C3C4=C(CC(C)(C)CC4=O)NC4=C3C(=O)CC(C)(C)C4)c2)c1. The van der Waals surface area contributed by atoms with Crippen LogP contribution in [0.1, 0.15) is 76.0 Å². The van der Waals surface area contributed by atoms with Crippen LogP contribution >= 0.6 is 0 Å². The zero-order valence-corrected chi connectivity index (χ0v) is 23.8. The van der Waals surface area contributed by atoms with Gasteiger partial charge in [-0.1, -0.05) is 52.0 Å². The fraction of sp³-hybridized carbons (Fsp3) is 0.424. The van der Waals surface area contributed by atoms with Crippen LogP contribution < -0.4 is 15.4 Å². The summed E-state index contributed by atoms with van der Waals surface area (Å²) in [5.74, 6) is 0.0130. The maximum absolute atomic E-state index is 13.5. The molecule has 204 valence electrons. The molecule has 1 aliphatic heterocycles. The number of Topliss-reactive ketones (excluding diaryl/α,β-unsaturated/α-hetero) is 2. The topological polar surface area (TPSA) is 84.5 Å². The van der Waals surface area contributed by atoms with Crippen LogP contribution in [0.3, 0.4) is 0 Å². The summed E-state index contributed by atoms with van der Waals surface area (Å²) in [5.41, 5.74) is 6.63. The molecule has 0 unspecified atom stereocenters. The number of allylic oxidation sites excluding steroid dienone is 4. The molecule has 0 radical (unpaired) electrons. The van der Waals surface area contributed by atoms with Gasteiger partial charge in [-0.25, -0.2) is 0 Å². The summed E-state index contributed by atoms with van der Waals surface area (Å²) >= 11 is 0. The van der Waals surface area contributed by atoms with Crippen molar-refractivity contribution in [3.05, 3.63) is 81.7 Å². The predicted octanol–water partition coefficient (Wildman–Crippen LogP) is 6.29. The fourth-order valence-electron chi connectivity index (χ4n) is 6.21. The second-order valence-electron chi connectivity index (χ2n) is 13.0. The third-order valence-corrected chi connectivity index (χ3v) is 7.95. The van der Waals surface area contributed by atoms with Crippen LogP contribution in [0.5, 0.6) is 5.75 Å². The van der Waals surface area contributed by atoms with E-state index in [4.69, 9.17) is 4.74 Å². The normalized spacial score (nSPS) is 20.3. The Morgan fingerprint density at radius 1 is 0.897 bits per heavy atom. The highest BCUT2D eigenvalue weighted by Gasteiger charge is 2.46. The van der Waals surface area contributed by atoms with Gasteiger partial charge in [0.1, 0.15) is 5.75 Å². The van der Waals surface area contributed by atoms with Crippen LogP contribution in [0.15, 0.2) is 65.0 Å². The monoisotopic (exact) mass is 526 g/mol. The number of rotatable bonds is 5. The number of anilines is 1. The number of amides is 1. The van der Waals surface area contributed by atoms with Crippen LogP contribution in [0.4, 0.5) is 5.69 Å². The van der Waals surface area contributed by atoms with E-state index in [1.807, 2.05) is 50.2 Å². The van der Waals surface area contributed by atoms with Crippen LogP contribution in [-0.4, -0.2) is 24.1 Å². The van der Waals surface area contributed by atoms with Crippen LogP contribution in [0.2, 0.25) is 0 Å². The molecule has 0 spiro atoms. The van der Waals surface area contributed by atoms with E-state index in [0.29, 0.717) is 29.7 Å². The van der Waals surface area contributed by atoms with Gasteiger partial charge in [0.05, 0.1) is 0 Å². The zero-order valence-electron chi connectivity index (χ0n) is 23.8. The maximum Gasteiger partial charge on any atom is 0.262 e. The number of dihydropyridines is 1. The first-order valence-corrected chi connectivity index (χ1v) is 13.7. The molecule has 0 aromatic heterocycles. The Morgan fingerprint density at radius 3 is 2.13 bits per heavy atom. The van der Waals surface area contributed by atoms with Crippen molar-refractivity contribution in [2.24, 2.45) is 10.8 Å². The first-order valence-electron chi connectivity index (χ1n) is 13.7. The molecule has 6 heteroatoms. The summed E-state index contributed by atoms with van der Waals surface area (Å²) in [7, 11) is 0. The third-order valence-electron chi connectivity index (χ3n) is 7.95. The lowest BCUT2D eigenvalue weighted by molar-refractivity contribution is -0.119. The lowest BCUT2D eigenvalue weighted by atomic mass is 9.64. The highest BCUT2D eigenvalue weighted by molar-refractivity contribution is 6.06. The van der Waals surface area contributed by atoms with Gasteiger partial charge in [0.25, 0.3) is 5.91 Å². The van der Waals surface area contributed by atoms with Gasteiger partial charge in [0.15, 0.2) is 18.2 Å². The third kappa shape index (κ3) is 5.56. The molecule has 0 saturated heterocycles. The average molecular weight is 527 g/mol. The molecule has 5 rings (SSSR count). The molecule has 0 bridgehead atoms. The number of carbonyl (C=O) groups excluding carboxylic acids is 3. The van der Waals surface area contributed by atoms with Gasteiger partial charge in [0.2, 0.25) is 0 Å². The molecule has 39 heavy (non-hydrogen) atoms. The molecule has 0 fully saturated rings. The van der Waals surface area contributed by atoms with Crippen molar-refractivity contribution < 1.29 is 19.1 Å². The lowest BCUT2D eigenvalue weighted by Gasteiger charge is -2.44. The Balaban J connectivity index is 1.44. The molecule has 1 amide bonds. The predicted molar refractivity (Wildman–Crippen MR) is 152 cm³/mol. The number of ether oxygens (including phenoxy) is 1. The molecule has 0 saturated carbocycles. The molecule has 3 aliphatic rings. The van der Waals surface area contributed by atoms with Crippen molar-refractivity contribution in [1.82, 2.24) is 5.32 Å². The van der Waals surface area contributed by atoms with E-state index in [0.717, 1.165) is 46.6 Å². The zero-order chi connectivity index (χ0) is 28.1. The molecule has 2 aliphatic carbocycles. The van der Waals surface area contributed by atoms with Gasteiger partial charge in [-0.3, -0.25) is 14.4 Å². The van der Waals surface area contributed by atoms with E-state index < -0.39 is 5.92 Å². The minimum absolute atomic E-state index is 0.0853. The first kappa shape index (κ1) is 26.9. The maximum atomic E-state index is 13.5. The number of aryl methyl sites for hydroxylation is 2. The Morgan fingerprint density at radius 2 is 1.51 bits per heavy atom. The van der Waals surface area contributed by atoms with Crippen molar-refractivity contribution in [3.8, 4) is 5.75 Å². The average Bonchev–Trinajstić information content (AvgIpc) is 2.82. The minimum atomic E-state index is -0.434. The summed E-state index contributed by atoms with van der Waals surface area (Å²) < 4.78 is 5.90. The number of ketones is 2. The minimum Gasteiger partial charge on any atom is -0.484 e. The van der Waals surface area contributed by atoms with Crippen LogP contribution in [0.25, 0.3) is 0 Å². The first-order chi connectivity index (χ1) is 18.3. The lowest BCUT2D eigenvalue weighted by Crippen LogP contribution is -2.42. The summed E-state index contributed by atoms with van der Waals surface area (Å²) in [6.45, 7) is 12.2. The van der Waals surface area contributed by atoms with E-state index in [1.165, 1.54) is 0 Å². The van der Waals surface area contributed by atoms with Crippen LogP contribution in [0, 0.1) is 24.7 Å². The number of carbonyl (C=O) groups is 3. The van der Waals surface area contributed by atoms with E-state index in [-0.39, 0.29) is 34.9 Å². The molecule has 0 atom stereocenters. The summed E-state index contributed by atoms with van der Waals surface area (Å²) in [6, 6.07) is 13.4. The molecular formula is C33H38N2O4. The molecule has 6 nitrogen and oxygen atoms in total. The van der Waals surface area contributed by atoms with E-state index >= 15 is 0 Å². The Bertz CT molecular complexity index is 1390. The number of hydrogen-bond acceptors (Lipinski definition) is 5. The smallest absolute Gasteiger partial charge is 0.262 e. The summed E-state index contributed by atoms with van der Waals surface area (Å²) in [4.78, 5) is 39.8. The van der Waals surface area contributed by atoms with Gasteiger partial charge in [-0.2, -0.15) is 0 Å². The van der Waals surface area contributed by atoms with Crippen molar-refractivity contribution in [2.75, 3.05) is 11.9 Å².